The van der Waals surface area contributed by atoms with E-state index < -0.39 is 23.8 Å². The minimum atomic E-state index is -0.885. The number of nitrogens with one attached hydrogen (secondary N) is 4. The van der Waals surface area contributed by atoms with Crippen LogP contribution in [0.3, 0.4) is 0 Å². The molecule has 0 aliphatic heterocycles. The van der Waals surface area contributed by atoms with Crippen molar-refractivity contribution in [3.63, 3.8) is 0 Å². The number of rotatable bonds is 10. The number of methoxy groups -OCH3 is 3. The van der Waals surface area contributed by atoms with Gasteiger partial charge in [-0.3, -0.25) is 25.2 Å². The van der Waals surface area contributed by atoms with E-state index in [0.717, 1.165) is 5.69 Å². The van der Waals surface area contributed by atoms with Gasteiger partial charge in [0.15, 0.2) is 0 Å². The molecule has 10 nitrogen and oxygen atoms in total. The molecule has 0 saturated heterocycles. The Labute approximate surface area is 192 Å². The maximum atomic E-state index is 12.7. The van der Waals surface area contributed by atoms with Crippen LogP contribution in [0.4, 0.5) is 5.69 Å². The highest BCUT2D eigenvalue weighted by atomic mass is 16.5. The van der Waals surface area contributed by atoms with Crippen LogP contribution in [-0.2, 0) is 9.59 Å². The molecule has 4 N–H and O–H groups in total. The number of ether oxygens (including phenoxy) is 3. The highest BCUT2D eigenvalue weighted by Gasteiger charge is 2.25. The van der Waals surface area contributed by atoms with E-state index in [1.807, 2.05) is 0 Å². The number of amides is 3. The average Bonchev–Trinajstić information content (AvgIpc) is 2.83. The molecule has 10 heteroatoms. The minimum Gasteiger partial charge on any atom is -0.497 e. The van der Waals surface area contributed by atoms with Gasteiger partial charge in [-0.05, 0) is 42.3 Å². The lowest BCUT2D eigenvalue weighted by molar-refractivity contribution is -0.129. The lowest BCUT2D eigenvalue weighted by atomic mass is 10.0. The molecule has 0 aromatic heterocycles. The van der Waals surface area contributed by atoms with Crippen LogP contribution in [0.2, 0.25) is 0 Å². The number of benzene rings is 2. The molecule has 0 saturated carbocycles. The molecule has 178 valence electrons. The van der Waals surface area contributed by atoms with Gasteiger partial charge in [0.2, 0.25) is 0 Å². The smallest absolute Gasteiger partial charge is 0.261 e. The van der Waals surface area contributed by atoms with Crippen molar-refractivity contribution in [1.82, 2.24) is 16.2 Å². The second kappa shape index (κ2) is 12.2. The normalized spacial score (nSPS) is 11.2. The van der Waals surface area contributed by atoms with Gasteiger partial charge in [-0.1, -0.05) is 13.8 Å². The first kappa shape index (κ1) is 25.3. The van der Waals surface area contributed by atoms with Gasteiger partial charge < -0.3 is 24.8 Å². The second-order valence-corrected chi connectivity index (χ2v) is 7.42. The zero-order valence-electron chi connectivity index (χ0n) is 19.4. The molecule has 0 heterocycles. The summed E-state index contributed by atoms with van der Waals surface area (Å²) in [5, 5.41) is 5.62. The summed E-state index contributed by atoms with van der Waals surface area (Å²) >= 11 is 0. The number of hydrogen-bond donors (Lipinski definition) is 4. The van der Waals surface area contributed by atoms with E-state index in [2.05, 4.69) is 21.5 Å². The topological polar surface area (TPSA) is 127 Å². The molecule has 0 bridgehead atoms. The predicted octanol–water partition coefficient (Wildman–Crippen LogP) is 1.73. The SMILES string of the molecule is COc1ccc(NCC(=O)NNC(=O)C(NC(=O)c2cc(OC)cc(OC)c2)C(C)C)cc1. The Morgan fingerprint density at radius 2 is 1.39 bits per heavy atom. The predicted molar refractivity (Wildman–Crippen MR) is 123 cm³/mol. The van der Waals surface area contributed by atoms with Gasteiger partial charge in [0, 0.05) is 17.3 Å². The molecule has 0 spiro atoms. The van der Waals surface area contributed by atoms with Crippen molar-refractivity contribution in [1.29, 1.82) is 0 Å². The highest BCUT2D eigenvalue weighted by molar-refractivity contribution is 5.98. The largest absolute Gasteiger partial charge is 0.497 e. The Morgan fingerprint density at radius 1 is 0.818 bits per heavy atom. The Kier molecular flexibility index (Phi) is 9.34. The van der Waals surface area contributed by atoms with Gasteiger partial charge in [0.1, 0.15) is 23.3 Å². The van der Waals surface area contributed by atoms with E-state index in [-0.39, 0.29) is 18.0 Å². The van der Waals surface area contributed by atoms with Gasteiger partial charge in [-0.25, -0.2) is 0 Å². The standard InChI is InChI=1S/C23H30N4O6/c1-14(2)21(25-22(29)15-10-18(32-4)12-19(11-15)33-5)23(30)27-26-20(28)13-24-16-6-8-17(31-3)9-7-16/h6-12,14,21,24H,13H2,1-5H3,(H,25,29)(H,26,28)(H,27,30). The quantitative estimate of drug-likeness (QED) is 0.399. The molecule has 2 aromatic carbocycles. The number of hydrazine groups is 1. The zero-order chi connectivity index (χ0) is 24.4. The fraction of sp³-hybridized carbons (Fsp3) is 0.348. The molecule has 1 unspecified atom stereocenters. The first-order chi connectivity index (χ1) is 15.8. The third-order valence-corrected chi connectivity index (χ3v) is 4.72. The summed E-state index contributed by atoms with van der Waals surface area (Å²) in [6.07, 6.45) is 0. The van der Waals surface area contributed by atoms with Crippen molar-refractivity contribution in [2.24, 2.45) is 5.92 Å². The maximum absolute atomic E-state index is 12.7. The fourth-order valence-corrected chi connectivity index (χ4v) is 2.84. The van der Waals surface area contributed by atoms with Crippen LogP contribution in [0, 0.1) is 5.92 Å². The van der Waals surface area contributed by atoms with Gasteiger partial charge >= 0.3 is 0 Å². The molecule has 2 rings (SSSR count). The van der Waals surface area contributed by atoms with E-state index in [1.54, 1.807) is 63.4 Å². The van der Waals surface area contributed by atoms with E-state index >= 15 is 0 Å². The molecule has 1 atom stereocenters. The molecule has 3 amide bonds. The molecule has 0 aliphatic carbocycles. The summed E-state index contributed by atoms with van der Waals surface area (Å²) in [7, 11) is 4.53. The van der Waals surface area contributed by atoms with Crippen LogP contribution < -0.4 is 35.7 Å². The van der Waals surface area contributed by atoms with Crippen LogP contribution >= 0.6 is 0 Å². The third kappa shape index (κ3) is 7.60. The first-order valence-corrected chi connectivity index (χ1v) is 10.3. The van der Waals surface area contributed by atoms with Crippen LogP contribution in [0.1, 0.15) is 24.2 Å². The number of carbonyl (C=O) groups excluding carboxylic acids is 3. The Morgan fingerprint density at radius 3 is 1.91 bits per heavy atom. The van der Waals surface area contributed by atoms with E-state index in [1.165, 1.54) is 14.2 Å². The molecule has 0 radical (unpaired) electrons. The zero-order valence-corrected chi connectivity index (χ0v) is 19.4. The Bertz CT molecular complexity index is 940. The molecule has 2 aromatic rings. The summed E-state index contributed by atoms with van der Waals surface area (Å²) in [5.41, 5.74) is 5.70. The number of anilines is 1. The summed E-state index contributed by atoms with van der Waals surface area (Å²) < 4.78 is 15.4. The van der Waals surface area contributed by atoms with E-state index in [9.17, 15) is 14.4 Å². The molecule has 0 aliphatic rings. The van der Waals surface area contributed by atoms with Crippen molar-refractivity contribution in [3.8, 4) is 17.2 Å². The van der Waals surface area contributed by atoms with Gasteiger partial charge in [0.25, 0.3) is 17.7 Å². The van der Waals surface area contributed by atoms with Crippen LogP contribution in [0.5, 0.6) is 17.2 Å². The van der Waals surface area contributed by atoms with Crippen LogP contribution in [0.15, 0.2) is 42.5 Å². The Hall–Kier alpha value is -3.95. The summed E-state index contributed by atoms with van der Waals surface area (Å²) in [6.45, 7) is 3.50. The van der Waals surface area contributed by atoms with E-state index in [4.69, 9.17) is 14.2 Å². The molecular weight excluding hydrogens is 428 g/mol. The van der Waals surface area contributed by atoms with Crippen LogP contribution in [0.25, 0.3) is 0 Å². The summed E-state index contributed by atoms with van der Waals surface area (Å²) in [4.78, 5) is 37.5. The number of hydrogen-bond acceptors (Lipinski definition) is 7. The number of carbonyl (C=O) groups is 3. The highest BCUT2D eigenvalue weighted by Crippen LogP contribution is 2.22. The Balaban J connectivity index is 1.92. The van der Waals surface area contributed by atoms with Gasteiger partial charge in [-0.2, -0.15) is 0 Å². The van der Waals surface area contributed by atoms with Crippen molar-refractivity contribution in [3.05, 3.63) is 48.0 Å². The fourth-order valence-electron chi connectivity index (χ4n) is 2.84. The monoisotopic (exact) mass is 458 g/mol. The second-order valence-electron chi connectivity index (χ2n) is 7.42. The molecular formula is C23H30N4O6. The van der Waals surface area contributed by atoms with Crippen molar-refractivity contribution >= 4 is 23.4 Å². The van der Waals surface area contributed by atoms with Crippen molar-refractivity contribution in [2.75, 3.05) is 33.2 Å². The lowest BCUT2D eigenvalue weighted by Crippen LogP contribution is -2.55. The van der Waals surface area contributed by atoms with Gasteiger partial charge in [-0.15, -0.1) is 0 Å². The molecule has 33 heavy (non-hydrogen) atoms. The summed E-state index contributed by atoms with van der Waals surface area (Å²) in [5.74, 6) is -0.129. The average molecular weight is 459 g/mol. The minimum absolute atomic E-state index is 0.0606. The third-order valence-electron chi connectivity index (χ3n) is 4.72. The van der Waals surface area contributed by atoms with Crippen molar-refractivity contribution in [2.45, 2.75) is 19.9 Å². The lowest BCUT2D eigenvalue weighted by Gasteiger charge is -2.22. The van der Waals surface area contributed by atoms with Crippen molar-refractivity contribution < 1.29 is 28.6 Å². The van der Waals surface area contributed by atoms with E-state index in [0.29, 0.717) is 17.2 Å². The molecule has 0 fully saturated rings. The van der Waals surface area contributed by atoms with Crippen LogP contribution in [-0.4, -0.2) is 51.6 Å². The first-order valence-electron chi connectivity index (χ1n) is 10.3. The summed E-state index contributed by atoms with van der Waals surface area (Å²) in [6, 6.07) is 10.9. The maximum Gasteiger partial charge on any atom is 0.261 e. The van der Waals surface area contributed by atoms with Gasteiger partial charge in [0.05, 0.1) is 27.9 Å².